The maximum Gasteiger partial charge on any atom is 0.355 e. The van der Waals surface area contributed by atoms with Crippen LogP contribution < -0.4 is 4.74 Å². The summed E-state index contributed by atoms with van der Waals surface area (Å²) < 4.78 is 17.5. The summed E-state index contributed by atoms with van der Waals surface area (Å²) in [5.41, 5.74) is -1.97. The van der Waals surface area contributed by atoms with Crippen LogP contribution in [0.2, 0.25) is 0 Å². The first-order chi connectivity index (χ1) is 18.4. The maximum atomic E-state index is 14.2. The smallest absolute Gasteiger partial charge is 0.355 e. The number of benzene rings is 1. The molecule has 6 fully saturated rings. The fourth-order valence-corrected chi connectivity index (χ4v) is 9.56. The number of Topliss-reactive ketones (excluding diaryl/α,β-unsaturated/α-hetero) is 1. The van der Waals surface area contributed by atoms with Crippen molar-refractivity contribution < 1.29 is 39.1 Å². The van der Waals surface area contributed by atoms with Crippen molar-refractivity contribution in [1.29, 1.82) is 0 Å². The molecule has 2 aromatic rings. The van der Waals surface area contributed by atoms with Crippen LogP contribution in [0.1, 0.15) is 50.0 Å². The van der Waals surface area contributed by atoms with E-state index >= 15 is 0 Å². The Hall–Kier alpha value is -2.72. The number of carbonyl (C=O) groups excluding carboxylic acids is 2. The molecule has 0 radical (unpaired) electrons. The number of hydrogen-bond donors (Lipinski definition) is 4. The zero-order valence-electron chi connectivity index (χ0n) is 22.4. The van der Waals surface area contributed by atoms with Gasteiger partial charge >= 0.3 is 5.97 Å². The third kappa shape index (κ3) is 2.75. The van der Waals surface area contributed by atoms with Gasteiger partial charge in [-0.1, -0.05) is 20.4 Å². The third-order valence-corrected chi connectivity index (χ3v) is 11.1. The normalized spacial score (nSPS) is 43.7. The van der Waals surface area contributed by atoms with Crippen molar-refractivity contribution in [3.05, 3.63) is 42.1 Å². The van der Waals surface area contributed by atoms with Gasteiger partial charge in [0.25, 0.3) is 0 Å². The molecule has 4 N–H and O–H groups in total. The maximum absolute atomic E-state index is 14.2. The molecule has 1 aromatic heterocycles. The van der Waals surface area contributed by atoms with Crippen molar-refractivity contribution in [2.24, 2.45) is 34.0 Å². The number of aliphatic hydroxyl groups is 3. The molecule has 9 nitrogen and oxygen atoms in total. The van der Waals surface area contributed by atoms with Crippen LogP contribution in [0.5, 0.6) is 5.75 Å². The Morgan fingerprint density at radius 3 is 2.69 bits per heavy atom. The van der Waals surface area contributed by atoms with Crippen LogP contribution >= 0.6 is 0 Å². The zero-order valence-corrected chi connectivity index (χ0v) is 22.4. The van der Waals surface area contributed by atoms with Crippen LogP contribution in [0.4, 0.5) is 0 Å². The van der Waals surface area contributed by atoms with Gasteiger partial charge in [0, 0.05) is 28.2 Å². The quantitative estimate of drug-likeness (QED) is 0.346. The van der Waals surface area contributed by atoms with Crippen molar-refractivity contribution in [1.82, 2.24) is 4.98 Å². The summed E-state index contributed by atoms with van der Waals surface area (Å²) in [4.78, 5) is 30.9. The van der Waals surface area contributed by atoms with Gasteiger partial charge in [-0.3, -0.25) is 4.79 Å². The van der Waals surface area contributed by atoms with E-state index in [9.17, 15) is 24.9 Å². The highest BCUT2D eigenvalue weighted by molar-refractivity contribution is 6.06. The monoisotopic (exact) mass is 537 g/mol. The summed E-state index contributed by atoms with van der Waals surface area (Å²) >= 11 is 0. The Morgan fingerprint density at radius 1 is 1.18 bits per heavy atom. The number of ketones is 1. The van der Waals surface area contributed by atoms with Crippen LogP contribution in [-0.2, 0) is 14.3 Å². The van der Waals surface area contributed by atoms with Crippen molar-refractivity contribution in [2.45, 2.75) is 63.6 Å². The number of ether oxygens (including phenoxy) is 3. The van der Waals surface area contributed by atoms with E-state index in [1.54, 1.807) is 31.4 Å². The minimum atomic E-state index is -2.29. The molecular weight excluding hydrogens is 502 g/mol. The number of nitrogens with one attached hydrogen (secondary N) is 1. The molecule has 6 aliphatic rings. The van der Waals surface area contributed by atoms with E-state index in [-0.39, 0.29) is 17.9 Å². The highest BCUT2D eigenvalue weighted by atomic mass is 16.6. The number of aromatic amines is 1. The molecule has 4 bridgehead atoms. The summed E-state index contributed by atoms with van der Waals surface area (Å²) in [5, 5.41) is 36.5. The Balaban J connectivity index is 1.35. The van der Waals surface area contributed by atoms with Crippen molar-refractivity contribution >= 4 is 22.7 Å². The number of H-pyrrole nitrogens is 1. The van der Waals surface area contributed by atoms with Crippen LogP contribution in [0.25, 0.3) is 10.9 Å². The van der Waals surface area contributed by atoms with Crippen LogP contribution in [0.3, 0.4) is 0 Å². The van der Waals surface area contributed by atoms with E-state index in [2.05, 4.69) is 11.6 Å². The number of esters is 1. The lowest BCUT2D eigenvalue weighted by Crippen LogP contribution is -2.85. The number of aromatic nitrogens is 1. The highest BCUT2D eigenvalue weighted by Crippen LogP contribution is 2.76. The molecule has 2 spiro atoms. The lowest BCUT2D eigenvalue weighted by atomic mass is 9.35. The van der Waals surface area contributed by atoms with Crippen molar-refractivity contribution in [2.75, 3.05) is 13.7 Å². The van der Waals surface area contributed by atoms with Gasteiger partial charge in [0.2, 0.25) is 5.79 Å². The molecule has 8 rings (SSSR count). The van der Waals surface area contributed by atoms with Crippen LogP contribution in [0, 0.1) is 34.0 Å². The topological polar surface area (TPSA) is 138 Å². The molecule has 208 valence electrons. The number of fused-ring (bicyclic) bond motifs is 3. The van der Waals surface area contributed by atoms with E-state index in [1.807, 2.05) is 13.8 Å². The molecular formula is C30H35NO8. The van der Waals surface area contributed by atoms with E-state index in [1.165, 1.54) is 0 Å². The Labute approximate surface area is 226 Å². The summed E-state index contributed by atoms with van der Waals surface area (Å²) in [6, 6.07) is 7.03. The molecule has 9 heteroatoms. The molecule has 4 aliphatic carbocycles. The van der Waals surface area contributed by atoms with Gasteiger partial charge in [-0.2, -0.15) is 0 Å². The van der Waals surface area contributed by atoms with Crippen LogP contribution in [0.15, 0.2) is 36.4 Å². The Bertz CT molecular complexity index is 1430. The molecule has 4 saturated carbocycles. The lowest BCUT2D eigenvalue weighted by Gasteiger charge is -2.74. The minimum Gasteiger partial charge on any atom is -0.497 e. The van der Waals surface area contributed by atoms with Gasteiger partial charge in [0.15, 0.2) is 5.78 Å². The SMILES string of the molecule is C=C1C(=O)[C@]23[C@H](OC(=O)c4cc5cc(OC)ccc5[nH]4)[C@H]1CC[C@H]2[C@@]12CO[C@]3(O)[C@@H](O)[C@@H]1C(C)(C)CC[C@@H]2O. The van der Waals surface area contributed by atoms with Gasteiger partial charge in [-0.15, -0.1) is 0 Å². The van der Waals surface area contributed by atoms with Gasteiger partial charge in [-0.25, -0.2) is 4.79 Å². The number of carbonyl (C=O) groups is 2. The van der Waals surface area contributed by atoms with Gasteiger partial charge in [0.05, 0.1) is 19.8 Å². The molecule has 1 aromatic carbocycles. The molecule has 39 heavy (non-hydrogen) atoms. The van der Waals surface area contributed by atoms with E-state index < -0.39 is 69.9 Å². The van der Waals surface area contributed by atoms with E-state index in [0.717, 1.165) is 5.39 Å². The molecule has 2 aliphatic heterocycles. The third-order valence-electron chi connectivity index (χ3n) is 11.1. The number of hydrogen-bond acceptors (Lipinski definition) is 8. The average molecular weight is 538 g/mol. The summed E-state index contributed by atoms with van der Waals surface area (Å²) in [5.74, 6) is -4.34. The van der Waals surface area contributed by atoms with Gasteiger partial charge < -0.3 is 34.5 Å². The first kappa shape index (κ1) is 25.3. The predicted molar refractivity (Wildman–Crippen MR) is 139 cm³/mol. The molecule has 9 atom stereocenters. The first-order valence-electron chi connectivity index (χ1n) is 13.8. The molecule has 0 amide bonds. The van der Waals surface area contributed by atoms with Gasteiger partial charge in [-0.05, 0) is 66.9 Å². The predicted octanol–water partition coefficient (Wildman–Crippen LogP) is 2.73. The van der Waals surface area contributed by atoms with E-state index in [4.69, 9.17) is 14.2 Å². The largest absolute Gasteiger partial charge is 0.497 e. The standard InChI is InChI=1S/C30H35NO8/c1-14-17-6-8-20-28-13-38-30(36,24(34)22(28)27(2,3)10-9-21(28)32)29(20,23(14)33)25(17)39-26(35)19-12-15-11-16(37-4)5-7-18(15)31-19/h5,7,11-12,17,20-22,24-25,31-32,34,36H,1,6,8-10,13H2,2-4H3/t17-,20-,21-,22+,24-,25+,28+,29-,30+/m0/s1. The molecule has 0 unspecified atom stereocenters. The van der Waals surface area contributed by atoms with Crippen molar-refractivity contribution in [3.8, 4) is 5.75 Å². The highest BCUT2D eigenvalue weighted by Gasteiger charge is 2.87. The summed E-state index contributed by atoms with van der Waals surface area (Å²) in [6.45, 7) is 8.16. The second-order valence-electron chi connectivity index (χ2n) is 13.0. The fourth-order valence-electron chi connectivity index (χ4n) is 9.56. The second-order valence-corrected chi connectivity index (χ2v) is 13.0. The van der Waals surface area contributed by atoms with E-state index in [0.29, 0.717) is 36.9 Å². The minimum absolute atomic E-state index is 0.0250. The fraction of sp³-hybridized carbons (Fsp3) is 0.600. The molecule has 3 heterocycles. The summed E-state index contributed by atoms with van der Waals surface area (Å²) in [6.07, 6.45) is -1.19. The van der Waals surface area contributed by atoms with Gasteiger partial charge in [0.1, 0.15) is 29.1 Å². The zero-order chi connectivity index (χ0) is 27.7. The lowest BCUT2D eigenvalue weighted by molar-refractivity contribution is -0.457. The number of aliphatic hydroxyl groups excluding tert-OH is 2. The number of rotatable bonds is 3. The van der Waals surface area contributed by atoms with Crippen LogP contribution in [-0.4, -0.2) is 69.9 Å². The Kier molecular flexibility index (Phi) is 5.00. The number of methoxy groups -OCH3 is 1. The second kappa shape index (κ2) is 7.72. The molecule has 2 saturated heterocycles. The summed E-state index contributed by atoms with van der Waals surface area (Å²) in [7, 11) is 1.56. The Morgan fingerprint density at radius 2 is 1.95 bits per heavy atom. The average Bonchev–Trinajstić information content (AvgIpc) is 3.38. The van der Waals surface area contributed by atoms with Crippen molar-refractivity contribution in [3.63, 3.8) is 0 Å². The first-order valence-corrected chi connectivity index (χ1v) is 13.8.